The number of para-hydroxylation sites is 1. The fraction of sp³-hybridized carbons (Fsp3) is 0.174. The van der Waals surface area contributed by atoms with Crippen LogP contribution in [0.5, 0.6) is 5.75 Å². The topological polar surface area (TPSA) is 78.2 Å². The number of amides is 1. The Morgan fingerprint density at radius 3 is 2.47 bits per heavy atom. The van der Waals surface area contributed by atoms with Crippen molar-refractivity contribution < 1.29 is 9.53 Å². The first kappa shape index (κ1) is 19.4. The minimum atomic E-state index is -0.281. The average molecular weight is 402 g/mol. The summed E-state index contributed by atoms with van der Waals surface area (Å²) in [5.41, 5.74) is 2.53. The minimum Gasteiger partial charge on any atom is -0.497 e. The lowest BCUT2D eigenvalue weighted by Gasteiger charge is -2.11. The zero-order valence-electron chi connectivity index (χ0n) is 16.8. The number of ether oxygens (including phenoxy) is 1. The van der Waals surface area contributed by atoms with Crippen LogP contribution >= 0.6 is 0 Å². The van der Waals surface area contributed by atoms with E-state index in [1.807, 2.05) is 66.1 Å². The summed E-state index contributed by atoms with van der Waals surface area (Å²) < 4.78 is 8.32. The van der Waals surface area contributed by atoms with Crippen LogP contribution in [-0.2, 0) is 13.1 Å². The Hall–Kier alpha value is -3.87. The number of aryl methyl sites for hydroxylation is 1. The lowest BCUT2D eigenvalue weighted by atomic mass is 10.1. The predicted octanol–water partition coefficient (Wildman–Crippen LogP) is 3.10. The van der Waals surface area contributed by atoms with Gasteiger partial charge in [0.25, 0.3) is 11.5 Å². The molecule has 0 saturated heterocycles. The zero-order valence-corrected chi connectivity index (χ0v) is 16.8. The maximum atomic E-state index is 13.0. The second-order valence-corrected chi connectivity index (χ2v) is 6.85. The first-order valence-electron chi connectivity index (χ1n) is 9.70. The van der Waals surface area contributed by atoms with Gasteiger partial charge in [-0.05, 0) is 36.8 Å². The van der Waals surface area contributed by atoms with E-state index in [1.54, 1.807) is 19.5 Å². The van der Waals surface area contributed by atoms with Gasteiger partial charge >= 0.3 is 0 Å². The summed E-state index contributed by atoms with van der Waals surface area (Å²) >= 11 is 0. The molecule has 4 rings (SSSR count). The Bertz CT molecular complexity index is 1190. The van der Waals surface area contributed by atoms with Gasteiger partial charge in [0.1, 0.15) is 11.4 Å². The van der Waals surface area contributed by atoms with E-state index in [0.29, 0.717) is 35.6 Å². The normalized spacial score (nSPS) is 10.9. The Morgan fingerprint density at radius 1 is 1.07 bits per heavy atom. The van der Waals surface area contributed by atoms with E-state index in [-0.39, 0.29) is 11.5 Å². The van der Waals surface area contributed by atoms with E-state index in [2.05, 4.69) is 10.4 Å². The van der Waals surface area contributed by atoms with Crippen molar-refractivity contribution in [3.8, 4) is 22.7 Å². The number of benzene rings is 2. The highest BCUT2D eigenvalue weighted by atomic mass is 16.5. The Balaban J connectivity index is 1.68. The third-order valence-corrected chi connectivity index (χ3v) is 4.95. The molecule has 0 spiro atoms. The Morgan fingerprint density at radius 2 is 1.80 bits per heavy atom. The number of pyridine rings is 1. The largest absolute Gasteiger partial charge is 0.497 e. The molecule has 0 aromatic heterocycles. The van der Waals surface area contributed by atoms with E-state index in [4.69, 9.17) is 4.74 Å². The van der Waals surface area contributed by atoms with Gasteiger partial charge < -0.3 is 14.6 Å². The maximum absolute atomic E-state index is 13.0. The van der Waals surface area contributed by atoms with E-state index in [9.17, 15) is 9.59 Å². The summed E-state index contributed by atoms with van der Waals surface area (Å²) in [5.74, 6) is 0.476. The molecule has 2 aliphatic rings. The number of hydrogen-bond donors (Lipinski definition) is 1. The minimum absolute atomic E-state index is 0.247. The number of nitrogens with zero attached hydrogens (tertiary/aromatic N) is 3. The molecule has 0 radical (unpaired) electrons. The number of nitrogens with one attached hydrogen (secondary N) is 1. The van der Waals surface area contributed by atoms with Crippen LogP contribution in [0, 0.1) is 0 Å². The van der Waals surface area contributed by atoms with Gasteiger partial charge in [0.05, 0.1) is 23.9 Å². The van der Waals surface area contributed by atoms with Gasteiger partial charge in [-0.15, -0.1) is 0 Å². The number of hydrogen-bond acceptors (Lipinski definition) is 4. The smallest absolute Gasteiger partial charge is 0.282 e. The summed E-state index contributed by atoms with van der Waals surface area (Å²) in [4.78, 5) is 25.9. The molecule has 30 heavy (non-hydrogen) atoms. The standard InChI is InChI=1S/C23H22N4O3/c1-3-26-14-19(22(28)24-13-16-9-11-18(30-2)12-10-16)21-20(15-26)23(29)27(25-21)17-7-5-4-6-8-17/h4-12,14-15H,3,13H2,1-2H3,(H,24,28). The number of fused-ring (bicyclic) bond motifs is 1. The van der Waals surface area contributed by atoms with Gasteiger partial charge in [0, 0.05) is 25.5 Å². The van der Waals surface area contributed by atoms with Gasteiger partial charge in [0.15, 0.2) is 0 Å². The van der Waals surface area contributed by atoms with Crippen LogP contribution in [0.3, 0.4) is 0 Å². The van der Waals surface area contributed by atoms with Crippen LogP contribution in [0.1, 0.15) is 22.8 Å². The first-order chi connectivity index (χ1) is 14.6. The van der Waals surface area contributed by atoms with Crippen LogP contribution in [-0.4, -0.2) is 27.4 Å². The van der Waals surface area contributed by atoms with Crippen molar-refractivity contribution in [1.82, 2.24) is 19.7 Å². The SMILES string of the molecule is CCn1cc(C(=O)NCc2ccc(OC)cc2)c2nn(-c3ccccc3)c(=O)c-2c1. The molecule has 0 atom stereocenters. The van der Waals surface area contributed by atoms with E-state index < -0.39 is 0 Å². The molecular formula is C23H22N4O3. The van der Waals surface area contributed by atoms with Crippen molar-refractivity contribution in [1.29, 1.82) is 0 Å². The predicted molar refractivity (Wildman–Crippen MR) is 114 cm³/mol. The van der Waals surface area contributed by atoms with Gasteiger partial charge in [0.2, 0.25) is 0 Å². The zero-order chi connectivity index (χ0) is 21.1. The number of rotatable bonds is 6. The average Bonchev–Trinajstić information content (AvgIpc) is 3.14. The number of carbonyl (C=O) groups excluding carboxylic acids is 1. The van der Waals surface area contributed by atoms with Gasteiger partial charge in [-0.2, -0.15) is 9.78 Å². The summed E-state index contributed by atoms with van der Waals surface area (Å²) in [6, 6.07) is 16.7. The lowest BCUT2D eigenvalue weighted by molar-refractivity contribution is 0.0950. The third kappa shape index (κ3) is 3.69. The molecule has 1 N–H and O–H groups in total. The highest BCUT2D eigenvalue weighted by Crippen LogP contribution is 2.22. The van der Waals surface area contributed by atoms with Crippen molar-refractivity contribution in [3.63, 3.8) is 0 Å². The lowest BCUT2D eigenvalue weighted by Crippen LogP contribution is -2.24. The summed E-state index contributed by atoms with van der Waals surface area (Å²) in [7, 11) is 1.61. The highest BCUT2D eigenvalue weighted by Gasteiger charge is 2.24. The van der Waals surface area contributed by atoms with Crippen molar-refractivity contribution in [3.05, 3.63) is 88.5 Å². The number of aromatic nitrogens is 3. The molecule has 0 saturated carbocycles. The first-order valence-corrected chi connectivity index (χ1v) is 9.70. The molecule has 7 heteroatoms. The molecule has 2 heterocycles. The summed E-state index contributed by atoms with van der Waals surface area (Å²) in [6.45, 7) is 2.94. The molecular weight excluding hydrogens is 380 g/mol. The molecule has 7 nitrogen and oxygen atoms in total. The molecule has 1 amide bonds. The molecule has 0 aliphatic carbocycles. The van der Waals surface area contributed by atoms with Crippen molar-refractivity contribution in [2.45, 2.75) is 20.0 Å². The fourth-order valence-electron chi connectivity index (χ4n) is 3.27. The fourth-order valence-corrected chi connectivity index (χ4v) is 3.27. The molecule has 0 bridgehead atoms. The Labute approximate surface area is 173 Å². The summed E-state index contributed by atoms with van der Waals surface area (Å²) in [6.07, 6.45) is 3.47. The molecule has 2 aliphatic heterocycles. The van der Waals surface area contributed by atoms with E-state index in [0.717, 1.165) is 11.3 Å². The van der Waals surface area contributed by atoms with Crippen LogP contribution < -0.4 is 15.6 Å². The maximum Gasteiger partial charge on any atom is 0.282 e. The van der Waals surface area contributed by atoms with Crippen molar-refractivity contribution in [2.24, 2.45) is 0 Å². The monoisotopic (exact) mass is 402 g/mol. The van der Waals surface area contributed by atoms with Gasteiger partial charge in [-0.3, -0.25) is 9.59 Å². The highest BCUT2D eigenvalue weighted by molar-refractivity contribution is 5.99. The van der Waals surface area contributed by atoms with Crippen LogP contribution in [0.15, 0.2) is 71.8 Å². The molecule has 0 unspecified atom stereocenters. The van der Waals surface area contributed by atoms with Gasteiger partial charge in [-0.1, -0.05) is 30.3 Å². The Kier molecular flexibility index (Phi) is 5.34. The van der Waals surface area contributed by atoms with Crippen molar-refractivity contribution in [2.75, 3.05) is 7.11 Å². The van der Waals surface area contributed by atoms with Crippen LogP contribution in [0.4, 0.5) is 0 Å². The van der Waals surface area contributed by atoms with Crippen LogP contribution in [0.2, 0.25) is 0 Å². The van der Waals surface area contributed by atoms with Crippen molar-refractivity contribution >= 4 is 5.91 Å². The molecule has 0 fully saturated rings. The summed E-state index contributed by atoms with van der Waals surface area (Å²) in [5, 5.41) is 7.39. The molecule has 2 aromatic carbocycles. The van der Waals surface area contributed by atoms with Gasteiger partial charge in [-0.25, -0.2) is 0 Å². The van der Waals surface area contributed by atoms with E-state index >= 15 is 0 Å². The molecule has 152 valence electrons. The second-order valence-electron chi connectivity index (χ2n) is 6.85. The quantitative estimate of drug-likeness (QED) is 0.538. The second kappa shape index (κ2) is 8.24. The third-order valence-electron chi connectivity index (χ3n) is 4.95. The molecule has 2 aromatic rings. The van der Waals surface area contributed by atoms with Crippen LogP contribution in [0.25, 0.3) is 16.9 Å². The number of methoxy groups -OCH3 is 1. The van der Waals surface area contributed by atoms with E-state index in [1.165, 1.54) is 4.68 Å². The number of carbonyl (C=O) groups is 1.